The second kappa shape index (κ2) is 12.1. The zero-order valence-electron chi connectivity index (χ0n) is 26.4. The van der Waals surface area contributed by atoms with Crippen molar-refractivity contribution in [3.8, 4) is 0 Å². The fourth-order valence-corrected chi connectivity index (χ4v) is 11.9. The Morgan fingerprint density at radius 3 is 2.12 bits per heavy atom. The molecular formula is C36H52O4Si. The van der Waals surface area contributed by atoms with Crippen LogP contribution in [-0.4, -0.2) is 45.1 Å². The maximum atomic E-state index is 7.41. The minimum atomic E-state index is -2.62. The molecule has 0 amide bonds. The lowest BCUT2D eigenvalue weighted by Gasteiger charge is -2.51. The zero-order valence-corrected chi connectivity index (χ0v) is 27.4. The molecule has 5 rings (SSSR count). The van der Waals surface area contributed by atoms with Gasteiger partial charge in [-0.2, -0.15) is 0 Å². The van der Waals surface area contributed by atoms with Gasteiger partial charge in [0, 0.05) is 18.4 Å². The van der Waals surface area contributed by atoms with Gasteiger partial charge in [0.15, 0.2) is 5.79 Å². The normalized spacial score (nSPS) is 32.7. The minimum absolute atomic E-state index is 0.0485. The molecule has 0 unspecified atom stereocenters. The molecule has 7 atom stereocenters. The molecule has 0 N–H and O–H groups in total. The predicted octanol–water partition coefficient (Wildman–Crippen LogP) is 7.26. The Labute approximate surface area is 249 Å². The van der Waals surface area contributed by atoms with Gasteiger partial charge in [0.2, 0.25) is 0 Å². The number of hydrogen-bond donors (Lipinski definition) is 0. The molecule has 1 spiro atoms. The number of rotatable bonds is 10. The molecule has 41 heavy (non-hydrogen) atoms. The molecule has 224 valence electrons. The largest absolute Gasteiger partial charge is 0.407 e. The maximum absolute atomic E-state index is 7.41. The van der Waals surface area contributed by atoms with E-state index in [9.17, 15) is 0 Å². The van der Waals surface area contributed by atoms with Crippen molar-refractivity contribution in [1.82, 2.24) is 0 Å². The first kappa shape index (κ1) is 30.7. The Morgan fingerprint density at radius 1 is 0.976 bits per heavy atom. The van der Waals surface area contributed by atoms with Crippen molar-refractivity contribution in [2.75, 3.05) is 13.2 Å². The molecule has 3 heterocycles. The third-order valence-electron chi connectivity index (χ3n) is 9.95. The fourth-order valence-electron chi connectivity index (χ4n) is 7.29. The van der Waals surface area contributed by atoms with E-state index in [2.05, 4.69) is 121 Å². The summed E-state index contributed by atoms with van der Waals surface area (Å²) in [7, 11) is -2.62. The van der Waals surface area contributed by atoms with Crippen LogP contribution < -0.4 is 10.4 Å². The van der Waals surface area contributed by atoms with Crippen LogP contribution in [0.4, 0.5) is 0 Å². The van der Waals surface area contributed by atoms with Gasteiger partial charge in [-0.1, -0.05) is 108 Å². The molecule has 2 aromatic rings. The summed E-state index contributed by atoms with van der Waals surface area (Å²) >= 11 is 0. The van der Waals surface area contributed by atoms with Gasteiger partial charge >= 0.3 is 0 Å². The third-order valence-corrected chi connectivity index (χ3v) is 15.0. The molecule has 4 nitrogen and oxygen atoms in total. The molecular weight excluding hydrogens is 524 g/mol. The lowest BCUT2D eigenvalue weighted by molar-refractivity contribution is -0.316. The lowest BCUT2D eigenvalue weighted by atomic mass is 9.78. The SMILES string of the molecule is CC[C@@H](CO[Si](c1ccccc1)(c1ccccc1)C(C)(C)C)[C@H]1O[C@@]2(C=CC[C@H](CC[C@@]3(C)CO3)O2)[C@H](C)C[C@@H]1C. The molecule has 0 radical (unpaired) electrons. The molecule has 0 aliphatic carbocycles. The van der Waals surface area contributed by atoms with Gasteiger partial charge in [0.05, 0.1) is 24.4 Å². The molecule has 0 bridgehead atoms. The molecule has 5 heteroatoms. The van der Waals surface area contributed by atoms with E-state index in [0.717, 1.165) is 38.7 Å². The van der Waals surface area contributed by atoms with E-state index in [1.165, 1.54) is 10.4 Å². The van der Waals surface area contributed by atoms with Crippen molar-refractivity contribution in [1.29, 1.82) is 0 Å². The smallest absolute Gasteiger partial charge is 0.261 e. The van der Waals surface area contributed by atoms with E-state index in [1.807, 2.05) is 0 Å². The van der Waals surface area contributed by atoms with E-state index < -0.39 is 14.1 Å². The Kier molecular flexibility index (Phi) is 9.04. The summed E-state index contributed by atoms with van der Waals surface area (Å²) < 4.78 is 27.1. The van der Waals surface area contributed by atoms with Gasteiger partial charge in [0.1, 0.15) is 0 Å². The maximum Gasteiger partial charge on any atom is 0.261 e. The second-order valence-electron chi connectivity index (χ2n) is 14.2. The van der Waals surface area contributed by atoms with Crippen molar-refractivity contribution in [2.24, 2.45) is 17.8 Å². The van der Waals surface area contributed by atoms with Gasteiger partial charge in [0.25, 0.3) is 8.32 Å². The zero-order chi connectivity index (χ0) is 29.3. The van der Waals surface area contributed by atoms with Crippen LogP contribution in [0, 0.1) is 17.8 Å². The first-order chi connectivity index (χ1) is 19.5. The van der Waals surface area contributed by atoms with Crippen molar-refractivity contribution in [3.05, 3.63) is 72.8 Å². The minimum Gasteiger partial charge on any atom is -0.407 e. The summed E-state index contributed by atoms with van der Waals surface area (Å²) in [4.78, 5) is 0. The van der Waals surface area contributed by atoms with E-state index in [-0.39, 0.29) is 28.8 Å². The first-order valence-electron chi connectivity index (χ1n) is 15.9. The van der Waals surface area contributed by atoms with E-state index in [4.69, 9.17) is 18.6 Å². The molecule has 3 aliphatic rings. The monoisotopic (exact) mass is 576 g/mol. The molecule has 2 fully saturated rings. The third kappa shape index (κ3) is 6.31. The number of epoxide rings is 1. The summed E-state index contributed by atoms with van der Waals surface area (Å²) in [5.41, 5.74) is 0.0549. The molecule has 0 aromatic heterocycles. The Bertz CT molecular complexity index is 1120. The predicted molar refractivity (Wildman–Crippen MR) is 170 cm³/mol. The van der Waals surface area contributed by atoms with Gasteiger partial charge in [-0.25, -0.2) is 0 Å². The highest BCUT2D eigenvalue weighted by molar-refractivity contribution is 6.99. The molecule has 3 aliphatic heterocycles. The summed E-state index contributed by atoms with van der Waals surface area (Å²) in [6.45, 7) is 17.7. The Hall–Kier alpha value is -1.76. The van der Waals surface area contributed by atoms with Crippen LogP contribution >= 0.6 is 0 Å². The van der Waals surface area contributed by atoms with E-state index in [1.54, 1.807) is 0 Å². The highest BCUT2D eigenvalue weighted by Gasteiger charge is 2.53. The molecule has 2 saturated heterocycles. The van der Waals surface area contributed by atoms with Crippen LogP contribution in [0.5, 0.6) is 0 Å². The van der Waals surface area contributed by atoms with Crippen molar-refractivity contribution in [2.45, 2.75) is 109 Å². The van der Waals surface area contributed by atoms with Crippen LogP contribution in [0.1, 0.15) is 80.6 Å². The summed E-state index contributed by atoms with van der Waals surface area (Å²) in [5, 5.41) is 2.60. The average Bonchev–Trinajstić information content (AvgIpc) is 3.70. The fraction of sp³-hybridized carbons (Fsp3) is 0.611. The van der Waals surface area contributed by atoms with Crippen molar-refractivity contribution in [3.63, 3.8) is 0 Å². The highest BCUT2D eigenvalue weighted by Crippen LogP contribution is 2.46. The lowest BCUT2D eigenvalue weighted by Crippen LogP contribution is -2.67. The summed E-state index contributed by atoms with van der Waals surface area (Å²) in [5.74, 6) is 0.346. The number of hydrogen-bond acceptors (Lipinski definition) is 4. The van der Waals surface area contributed by atoms with Crippen molar-refractivity contribution < 1.29 is 18.6 Å². The summed E-state index contributed by atoms with van der Waals surface area (Å²) in [6, 6.07) is 21.9. The quantitative estimate of drug-likeness (QED) is 0.170. The number of benzene rings is 2. The topological polar surface area (TPSA) is 40.2 Å². The van der Waals surface area contributed by atoms with E-state index >= 15 is 0 Å². The second-order valence-corrected chi connectivity index (χ2v) is 18.5. The van der Waals surface area contributed by atoms with Crippen LogP contribution in [0.15, 0.2) is 72.8 Å². The first-order valence-corrected chi connectivity index (χ1v) is 17.8. The van der Waals surface area contributed by atoms with Gasteiger partial charge in [-0.15, -0.1) is 0 Å². The van der Waals surface area contributed by atoms with E-state index in [0.29, 0.717) is 18.4 Å². The summed E-state index contributed by atoms with van der Waals surface area (Å²) in [6.07, 6.45) is 9.84. The molecule has 2 aromatic carbocycles. The van der Waals surface area contributed by atoms with Crippen LogP contribution in [0.25, 0.3) is 0 Å². The number of ether oxygens (including phenoxy) is 3. The van der Waals surface area contributed by atoms with Crippen LogP contribution in [0.3, 0.4) is 0 Å². The Balaban J connectivity index is 1.39. The van der Waals surface area contributed by atoms with Gasteiger partial charge < -0.3 is 18.6 Å². The van der Waals surface area contributed by atoms with Crippen LogP contribution in [-0.2, 0) is 18.6 Å². The van der Waals surface area contributed by atoms with Gasteiger partial charge in [-0.05, 0) is 66.4 Å². The Morgan fingerprint density at radius 2 is 1.59 bits per heavy atom. The van der Waals surface area contributed by atoms with Crippen LogP contribution in [0.2, 0.25) is 5.04 Å². The van der Waals surface area contributed by atoms with Gasteiger partial charge in [-0.3, -0.25) is 0 Å². The highest BCUT2D eigenvalue weighted by atomic mass is 28.4. The molecule has 0 saturated carbocycles. The van der Waals surface area contributed by atoms with Crippen molar-refractivity contribution >= 4 is 18.7 Å². The standard InChI is InChI=1S/C36H52O4Si/c1-8-29(25-38-41(34(4,5)6,31-17-11-9-12-18-31)32-19-13-10-14-20-32)33-27(2)24-28(3)36(40-33)22-15-16-30(39-36)21-23-35(7)26-37-35/h9-15,17-20,22,27-30,33H,8,16,21,23-26H2,1-7H3/t27-,28+,29-,30+,33-,35-,36-/m0/s1. The average molecular weight is 577 g/mol.